The molecule has 1 atom stereocenters. The van der Waals surface area contributed by atoms with Gasteiger partial charge in [0.1, 0.15) is 11.4 Å². The van der Waals surface area contributed by atoms with Crippen molar-refractivity contribution >= 4 is 17.9 Å². The van der Waals surface area contributed by atoms with Crippen molar-refractivity contribution < 1.29 is 28.4 Å². The highest BCUT2D eigenvalue weighted by atomic mass is 16.6. The van der Waals surface area contributed by atoms with E-state index in [1.54, 1.807) is 53.4 Å². The molecule has 2 aliphatic rings. The van der Waals surface area contributed by atoms with Crippen LogP contribution in [0.5, 0.6) is 5.75 Å². The van der Waals surface area contributed by atoms with Crippen LogP contribution in [0.2, 0.25) is 0 Å². The second-order valence-electron chi connectivity index (χ2n) is 10.4. The quantitative estimate of drug-likeness (QED) is 0.423. The maximum Gasteiger partial charge on any atom is 0.410 e. The lowest BCUT2D eigenvalue weighted by Crippen LogP contribution is -2.42. The van der Waals surface area contributed by atoms with Crippen molar-refractivity contribution in [2.45, 2.75) is 64.8 Å². The summed E-state index contributed by atoms with van der Waals surface area (Å²) < 4.78 is 16.7. The van der Waals surface area contributed by atoms with E-state index < -0.39 is 5.60 Å². The van der Waals surface area contributed by atoms with Crippen molar-refractivity contribution in [2.24, 2.45) is 0 Å². The molecular formula is C28H30N4O6. The fraction of sp³-hybridized carbons (Fsp3) is 0.393. The van der Waals surface area contributed by atoms with E-state index in [9.17, 15) is 14.4 Å². The molecule has 0 bridgehead atoms. The third-order valence-corrected chi connectivity index (χ3v) is 6.42. The molecule has 2 aromatic carbocycles. The summed E-state index contributed by atoms with van der Waals surface area (Å²) in [6, 6.07) is 13.6. The highest BCUT2D eigenvalue weighted by molar-refractivity contribution is 6.21. The molecule has 0 saturated carbocycles. The Morgan fingerprint density at radius 1 is 1.03 bits per heavy atom. The minimum absolute atomic E-state index is 0.0594. The molecule has 1 saturated heterocycles. The number of fused-ring (bicyclic) bond motifs is 1. The molecular weight excluding hydrogens is 488 g/mol. The number of carbonyl (C=O) groups excluding carboxylic acids is 3. The average Bonchev–Trinajstić information content (AvgIpc) is 3.47. The van der Waals surface area contributed by atoms with Gasteiger partial charge in [-0.3, -0.25) is 19.4 Å². The summed E-state index contributed by atoms with van der Waals surface area (Å²) in [6.45, 7) is 6.33. The number of ether oxygens (including phenoxy) is 2. The van der Waals surface area contributed by atoms with Gasteiger partial charge < -0.3 is 14.0 Å². The highest BCUT2D eigenvalue weighted by Crippen LogP contribution is 2.31. The molecule has 2 aliphatic heterocycles. The number of hydrogen-bond acceptors (Lipinski definition) is 8. The fourth-order valence-electron chi connectivity index (χ4n) is 4.60. The van der Waals surface area contributed by atoms with Gasteiger partial charge in [-0.05, 0) is 69.9 Å². The average molecular weight is 519 g/mol. The Bertz CT molecular complexity index is 1310. The summed E-state index contributed by atoms with van der Waals surface area (Å²) in [5.74, 6) is 0.724. The zero-order valence-corrected chi connectivity index (χ0v) is 21.7. The lowest BCUT2D eigenvalue weighted by molar-refractivity contribution is 0.00818. The van der Waals surface area contributed by atoms with Crippen LogP contribution in [0.4, 0.5) is 4.79 Å². The summed E-state index contributed by atoms with van der Waals surface area (Å²) in [5, 5.41) is 4.10. The van der Waals surface area contributed by atoms with Gasteiger partial charge in [-0.2, -0.15) is 4.98 Å². The smallest absolute Gasteiger partial charge is 0.410 e. The summed E-state index contributed by atoms with van der Waals surface area (Å²) in [4.78, 5) is 45.3. The monoisotopic (exact) mass is 518 g/mol. The first-order valence-corrected chi connectivity index (χ1v) is 12.7. The molecule has 5 rings (SSSR count). The largest absolute Gasteiger partial charge is 0.484 e. The third-order valence-electron chi connectivity index (χ3n) is 6.42. The number of hydrogen-bond donors (Lipinski definition) is 0. The number of likely N-dealkylation sites (tertiary alicyclic amines) is 1. The minimum Gasteiger partial charge on any atom is -0.484 e. The summed E-state index contributed by atoms with van der Waals surface area (Å²) in [6.07, 6.45) is 2.20. The van der Waals surface area contributed by atoms with Gasteiger partial charge in [0.25, 0.3) is 17.7 Å². The van der Waals surface area contributed by atoms with E-state index in [-0.39, 0.29) is 37.1 Å². The first-order valence-electron chi connectivity index (χ1n) is 12.7. The van der Waals surface area contributed by atoms with Gasteiger partial charge in [-0.15, -0.1) is 0 Å². The fourth-order valence-corrected chi connectivity index (χ4v) is 4.60. The van der Waals surface area contributed by atoms with E-state index in [0.29, 0.717) is 35.1 Å². The van der Waals surface area contributed by atoms with E-state index >= 15 is 0 Å². The van der Waals surface area contributed by atoms with E-state index in [2.05, 4.69) is 10.1 Å². The predicted octanol–water partition coefficient (Wildman–Crippen LogP) is 4.91. The molecule has 10 heteroatoms. The number of amides is 3. The predicted molar refractivity (Wildman–Crippen MR) is 135 cm³/mol. The van der Waals surface area contributed by atoms with Crippen LogP contribution >= 0.6 is 0 Å². The Morgan fingerprint density at radius 2 is 1.71 bits per heavy atom. The van der Waals surface area contributed by atoms with Gasteiger partial charge >= 0.3 is 6.09 Å². The first-order chi connectivity index (χ1) is 18.2. The second kappa shape index (κ2) is 10.3. The van der Waals surface area contributed by atoms with E-state index in [0.717, 1.165) is 24.8 Å². The van der Waals surface area contributed by atoms with Crippen LogP contribution in [-0.2, 0) is 17.9 Å². The standard InChI is InChI=1S/C28H30N4O6/c1-28(2,3)37-27(35)31-15-7-6-10-22(31)24-29-23(38-30-24)17-36-19-13-11-18(12-14-19)16-32-25(33)20-8-4-5-9-21(20)26(32)34/h4-5,8-9,11-14,22H,6-7,10,15-17H2,1-3H3. The number of aromatic nitrogens is 2. The normalized spacial score (nSPS) is 17.5. The zero-order valence-electron chi connectivity index (χ0n) is 21.7. The van der Waals surface area contributed by atoms with Crippen LogP contribution in [0.3, 0.4) is 0 Å². The molecule has 1 unspecified atom stereocenters. The molecule has 3 heterocycles. The van der Waals surface area contributed by atoms with Crippen LogP contribution in [0.15, 0.2) is 53.1 Å². The number of imide groups is 1. The van der Waals surface area contributed by atoms with E-state index in [4.69, 9.17) is 14.0 Å². The molecule has 1 aromatic heterocycles. The topological polar surface area (TPSA) is 115 Å². The van der Waals surface area contributed by atoms with Gasteiger partial charge in [-0.25, -0.2) is 4.79 Å². The van der Waals surface area contributed by atoms with Crippen LogP contribution in [0, 0.1) is 0 Å². The number of carbonyl (C=O) groups is 3. The number of benzene rings is 2. The zero-order chi connectivity index (χ0) is 26.9. The van der Waals surface area contributed by atoms with Crippen molar-refractivity contribution in [3.63, 3.8) is 0 Å². The van der Waals surface area contributed by atoms with E-state index in [1.165, 1.54) is 4.90 Å². The minimum atomic E-state index is -0.588. The molecule has 38 heavy (non-hydrogen) atoms. The molecule has 0 radical (unpaired) electrons. The van der Waals surface area contributed by atoms with Gasteiger partial charge in [0, 0.05) is 6.54 Å². The Morgan fingerprint density at radius 3 is 2.37 bits per heavy atom. The number of nitrogens with zero attached hydrogens (tertiary/aromatic N) is 4. The molecule has 0 N–H and O–H groups in total. The maximum atomic E-state index is 12.7. The first kappa shape index (κ1) is 25.4. The van der Waals surface area contributed by atoms with Crippen LogP contribution in [-0.4, -0.2) is 50.0 Å². The van der Waals surface area contributed by atoms with Crippen LogP contribution in [0.1, 0.15) is 84.1 Å². The van der Waals surface area contributed by atoms with Crippen molar-refractivity contribution in [1.82, 2.24) is 19.9 Å². The van der Waals surface area contributed by atoms with Crippen molar-refractivity contribution in [2.75, 3.05) is 6.54 Å². The summed E-state index contributed by atoms with van der Waals surface area (Å²) >= 11 is 0. The molecule has 3 aromatic rings. The molecule has 10 nitrogen and oxygen atoms in total. The van der Waals surface area contributed by atoms with Gasteiger partial charge in [0.15, 0.2) is 12.4 Å². The Labute approximate surface area is 220 Å². The molecule has 198 valence electrons. The Balaban J connectivity index is 1.18. The van der Waals surface area contributed by atoms with Crippen molar-refractivity contribution in [3.05, 3.63) is 76.9 Å². The summed E-state index contributed by atoms with van der Waals surface area (Å²) in [5.41, 5.74) is 1.07. The SMILES string of the molecule is CC(C)(C)OC(=O)N1CCCCC1c1noc(COc2ccc(CN3C(=O)c4ccccc4C3=O)cc2)n1. The molecule has 3 amide bonds. The highest BCUT2D eigenvalue weighted by Gasteiger charge is 2.35. The number of piperidine rings is 1. The lowest BCUT2D eigenvalue weighted by Gasteiger charge is -2.35. The lowest BCUT2D eigenvalue weighted by atomic mass is 10.0. The maximum absolute atomic E-state index is 12.7. The van der Waals surface area contributed by atoms with Crippen LogP contribution in [0.25, 0.3) is 0 Å². The molecule has 0 aliphatic carbocycles. The Kier molecular flexibility index (Phi) is 6.88. The van der Waals surface area contributed by atoms with Gasteiger partial charge in [0.05, 0.1) is 23.7 Å². The van der Waals surface area contributed by atoms with Gasteiger partial charge in [-0.1, -0.05) is 29.4 Å². The Hall–Kier alpha value is -4.21. The molecule has 1 fully saturated rings. The van der Waals surface area contributed by atoms with Gasteiger partial charge in [0.2, 0.25) is 0 Å². The molecule has 0 spiro atoms. The van der Waals surface area contributed by atoms with Crippen molar-refractivity contribution in [3.8, 4) is 5.75 Å². The van der Waals surface area contributed by atoms with Crippen molar-refractivity contribution in [1.29, 1.82) is 0 Å². The summed E-state index contributed by atoms with van der Waals surface area (Å²) in [7, 11) is 0. The third kappa shape index (κ3) is 5.39. The second-order valence-corrected chi connectivity index (χ2v) is 10.4. The van der Waals surface area contributed by atoms with E-state index in [1.807, 2.05) is 20.8 Å². The van der Waals surface area contributed by atoms with Crippen LogP contribution < -0.4 is 4.74 Å². The number of rotatable bonds is 6.